The highest BCUT2D eigenvalue weighted by Gasteiger charge is 2.54. The van der Waals surface area contributed by atoms with Gasteiger partial charge in [0.05, 0.1) is 6.42 Å². The predicted octanol–water partition coefficient (Wildman–Crippen LogP) is 7.01. The first-order valence-electron chi connectivity index (χ1n) is 18.3. The fourth-order valence-corrected chi connectivity index (χ4v) is 12.8. The van der Waals surface area contributed by atoms with Crippen molar-refractivity contribution in [3.05, 3.63) is 210 Å². The Morgan fingerprint density at radius 1 is 0.673 bits per heavy atom. The first-order valence-corrected chi connectivity index (χ1v) is 21.2. The van der Waals surface area contributed by atoms with Crippen molar-refractivity contribution in [2.45, 2.75) is 23.9 Å². The number of carbonyl (C=O) groups is 3. The molecule has 2 atom stereocenters. The van der Waals surface area contributed by atoms with Gasteiger partial charge in [-0.05, 0) is 50.9 Å². The third-order valence-electron chi connectivity index (χ3n) is 9.98. The van der Waals surface area contributed by atoms with E-state index in [9.17, 15) is 14.4 Å². The minimum absolute atomic E-state index is 0.153. The average Bonchev–Trinajstić information content (AvgIpc) is 3.25. The Morgan fingerprint density at radius 3 is 1.58 bits per heavy atom. The second kappa shape index (κ2) is 16.2. The van der Waals surface area contributed by atoms with Crippen LogP contribution in [0.5, 0.6) is 0 Å². The van der Waals surface area contributed by atoms with Gasteiger partial charge in [-0.25, -0.2) is 4.79 Å². The van der Waals surface area contributed by atoms with Crippen molar-refractivity contribution < 1.29 is 19.1 Å². The maximum absolute atomic E-state index is 15.0. The highest BCUT2D eigenvalue weighted by atomic mass is 32.2. The number of hydrogen-bond donors (Lipinski definition) is 1. The van der Waals surface area contributed by atoms with Gasteiger partial charge < -0.3 is 10.1 Å². The van der Waals surface area contributed by atoms with E-state index in [1.54, 1.807) is 16.7 Å². The Kier molecular flexibility index (Phi) is 10.7. The first-order chi connectivity index (χ1) is 27.0. The van der Waals surface area contributed by atoms with Gasteiger partial charge in [0.15, 0.2) is 6.10 Å². The van der Waals surface area contributed by atoms with Crippen LogP contribution in [-0.2, 0) is 25.5 Å². The number of nitrogens with zero attached hydrogens (tertiary/aromatic N) is 1. The maximum Gasteiger partial charge on any atom is 0.356 e. The second-order valence-corrected chi connectivity index (χ2v) is 17.8. The van der Waals surface area contributed by atoms with Crippen LogP contribution in [0.2, 0.25) is 0 Å². The number of rotatable bonds is 11. The van der Waals surface area contributed by atoms with Gasteiger partial charge in [-0.1, -0.05) is 182 Å². The van der Waals surface area contributed by atoms with Gasteiger partial charge in [0, 0.05) is 5.75 Å². The molecule has 2 aliphatic heterocycles. The number of benzene rings is 6. The predicted molar refractivity (Wildman–Crippen MR) is 224 cm³/mol. The lowest BCUT2D eigenvalue weighted by molar-refractivity contribution is -0.154. The van der Waals surface area contributed by atoms with Crippen molar-refractivity contribution in [1.29, 1.82) is 0 Å². The van der Waals surface area contributed by atoms with Gasteiger partial charge in [-0.2, -0.15) is 0 Å². The van der Waals surface area contributed by atoms with Crippen LogP contribution in [0.1, 0.15) is 22.8 Å². The Labute approximate surface area is 325 Å². The molecule has 0 aromatic heterocycles. The fraction of sp³-hybridized carbons (Fsp3) is 0.106. The zero-order valence-corrected chi connectivity index (χ0v) is 31.7. The van der Waals surface area contributed by atoms with E-state index < -0.39 is 30.4 Å². The molecule has 0 radical (unpaired) electrons. The number of carbonyl (C=O) groups excluding carboxylic acids is 3. The smallest absolute Gasteiger partial charge is 0.356 e. The SMILES string of the molecule is O=C(Cc1ccccc1)NC1C(=O)N2C(C(=O)OC(c3ccccc3)c3ccccc3)=C(C=P(c3ccccc3)(c3ccccc3)c3ccccc3)CS[C@H]12. The lowest BCUT2D eigenvalue weighted by atomic mass is 10.0. The largest absolute Gasteiger partial charge is 0.448 e. The Hall–Kier alpha value is -5.88. The third kappa shape index (κ3) is 7.34. The summed E-state index contributed by atoms with van der Waals surface area (Å²) in [5.41, 5.74) is 3.42. The number of ether oxygens (including phenoxy) is 1. The number of nitrogens with one attached hydrogen (secondary N) is 1. The van der Waals surface area contributed by atoms with Gasteiger partial charge in [0.1, 0.15) is 17.1 Å². The van der Waals surface area contributed by atoms with E-state index in [4.69, 9.17) is 4.74 Å². The van der Waals surface area contributed by atoms with Crippen LogP contribution in [-0.4, -0.2) is 45.6 Å². The molecule has 6 aromatic carbocycles. The van der Waals surface area contributed by atoms with E-state index in [1.165, 1.54) is 0 Å². The molecule has 1 fully saturated rings. The monoisotopic (exact) mass is 758 g/mol. The van der Waals surface area contributed by atoms with Gasteiger partial charge in [-0.3, -0.25) is 14.5 Å². The fourth-order valence-electron chi connectivity index (χ4n) is 7.38. The van der Waals surface area contributed by atoms with Crippen LogP contribution in [0.25, 0.3) is 0 Å². The molecule has 0 spiro atoms. The molecule has 0 aliphatic carbocycles. The number of β-lactam (4-membered cyclic amide) rings is 1. The zero-order valence-electron chi connectivity index (χ0n) is 30.0. The van der Waals surface area contributed by atoms with E-state index >= 15 is 0 Å². The summed E-state index contributed by atoms with van der Waals surface area (Å²) in [5.74, 6) is 1.51. The molecule has 6 nitrogen and oxygen atoms in total. The molecule has 0 saturated carbocycles. The van der Waals surface area contributed by atoms with Crippen LogP contribution in [0.15, 0.2) is 193 Å². The highest BCUT2D eigenvalue weighted by Crippen LogP contribution is 2.48. The van der Waals surface area contributed by atoms with Crippen LogP contribution in [0.4, 0.5) is 0 Å². The zero-order chi connectivity index (χ0) is 37.6. The van der Waals surface area contributed by atoms with Crippen molar-refractivity contribution >= 4 is 58.1 Å². The standard InChI is InChI=1S/C47H39N2O4PS/c50-41(31-34-19-7-1-8-20-34)48-42-45(51)49-43(47(52)53-44(35-21-9-2-10-22-35)36-23-11-3-12-24-36)37(33-55-46(42)49)32-54(38-25-13-4-14-26-38,39-27-15-5-16-28-39)40-29-17-6-18-30-40/h1-30,32,42,44,46H,31,33H2,(H,48,50)/t42?,46-/m1/s1. The number of esters is 1. The van der Waals surface area contributed by atoms with Crippen molar-refractivity contribution in [3.8, 4) is 0 Å². The molecule has 0 bridgehead atoms. The summed E-state index contributed by atoms with van der Waals surface area (Å²) in [6, 6.07) is 59.2. The molecule has 8 rings (SSSR count). The number of thioether (sulfide) groups is 1. The number of hydrogen-bond acceptors (Lipinski definition) is 5. The summed E-state index contributed by atoms with van der Waals surface area (Å²) in [6.07, 6.45) is -0.564. The third-order valence-corrected chi connectivity index (χ3v) is 15.3. The first kappa shape index (κ1) is 36.1. The Balaban J connectivity index is 1.28. The van der Waals surface area contributed by atoms with Crippen molar-refractivity contribution in [3.63, 3.8) is 0 Å². The van der Waals surface area contributed by atoms with Crippen LogP contribution in [0.3, 0.4) is 0 Å². The van der Waals surface area contributed by atoms with E-state index in [0.717, 1.165) is 38.2 Å². The summed E-state index contributed by atoms with van der Waals surface area (Å²) in [6.45, 7) is -2.58. The summed E-state index contributed by atoms with van der Waals surface area (Å²) in [5, 5.41) is 5.86. The molecule has 6 aromatic rings. The molecule has 1 saturated heterocycles. The molecule has 1 N–H and O–H groups in total. The quantitative estimate of drug-likeness (QED) is 0.0875. The molecular formula is C47H39N2O4PS. The van der Waals surface area contributed by atoms with Gasteiger partial charge in [0.2, 0.25) is 5.91 Å². The molecular weight excluding hydrogens is 720 g/mol. The normalized spacial score (nSPS) is 16.5. The lowest BCUT2D eigenvalue weighted by Gasteiger charge is -2.50. The van der Waals surface area contributed by atoms with Crippen molar-refractivity contribution in [1.82, 2.24) is 10.2 Å². The van der Waals surface area contributed by atoms with E-state index in [-0.39, 0.29) is 23.9 Å². The van der Waals surface area contributed by atoms with Gasteiger partial charge in [-0.15, -0.1) is 11.8 Å². The summed E-state index contributed by atoms with van der Waals surface area (Å²) in [7, 11) is 0. The second-order valence-electron chi connectivity index (χ2n) is 13.5. The number of amides is 2. The van der Waals surface area contributed by atoms with Crippen LogP contribution < -0.4 is 21.2 Å². The number of fused-ring (bicyclic) bond motifs is 1. The Bertz CT molecular complexity index is 2230. The maximum atomic E-state index is 15.0. The van der Waals surface area contributed by atoms with Crippen LogP contribution in [0, 0.1) is 0 Å². The summed E-state index contributed by atoms with van der Waals surface area (Å²) >= 11 is 1.55. The minimum atomic E-state index is -2.58. The average molecular weight is 759 g/mol. The van der Waals surface area contributed by atoms with E-state index in [2.05, 4.69) is 47.5 Å². The molecule has 2 heterocycles. The van der Waals surface area contributed by atoms with Crippen molar-refractivity contribution in [2.24, 2.45) is 0 Å². The summed E-state index contributed by atoms with van der Waals surface area (Å²) in [4.78, 5) is 44.1. The topological polar surface area (TPSA) is 75.7 Å². The lowest BCUT2D eigenvalue weighted by Crippen LogP contribution is -2.70. The summed E-state index contributed by atoms with van der Waals surface area (Å²) < 4.78 is 6.53. The van der Waals surface area contributed by atoms with Crippen LogP contribution >= 0.6 is 18.6 Å². The molecule has 272 valence electrons. The van der Waals surface area contributed by atoms with E-state index in [0.29, 0.717) is 5.75 Å². The Morgan fingerprint density at radius 2 is 1.11 bits per heavy atom. The molecule has 2 aliphatic rings. The van der Waals surface area contributed by atoms with Gasteiger partial charge >= 0.3 is 5.97 Å². The van der Waals surface area contributed by atoms with E-state index in [1.807, 2.05) is 146 Å². The minimum Gasteiger partial charge on any atom is -0.448 e. The molecule has 8 heteroatoms. The highest BCUT2D eigenvalue weighted by molar-refractivity contribution is 8.00. The molecule has 2 amide bonds. The van der Waals surface area contributed by atoms with Crippen molar-refractivity contribution in [2.75, 3.05) is 5.75 Å². The molecule has 1 unspecified atom stereocenters. The van der Waals surface area contributed by atoms with Gasteiger partial charge in [0.25, 0.3) is 5.91 Å². The molecule has 55 heavy (non-hydrogen) atoms.